The summed E-state index contributed by atoms with van der Waals surface area (Å²) < 4.78 is 1.48. The van der Waals surface area contributed by atoms with Crippen LogP contribution in [0, 0.1) is 0 Å². The van der Waals surface area contributed by atoms with Gasteiger partial charge in [-0.2, -0.15) is 0 Å². The normalized spacial score (nSPS) is 10.5. The van der Waals surface area contributed by atoms with Gasteiger partial charge in [0.25, 0.3) is 0 Å². The van der Waals surface area contributed by atoms with Gasteiger partial charge in [0, 0.05) is 19.2 Å². The molecule has 0 spiro atoms. The molecule has 18 heavy (non-hydrogen) atoms. The number of hydrogen-bond acceptors (Lipinski definition) is 6. The van der Waals surface area contributed by atoms with Crippen molar-refractivity contribution in [3.63, 3.8) is 0 Å². The number of nitrogens with zero attached hydrogens (tertiary/aromatic N) is 4. The van der Waals surface area contributed by atoms with Crippen LogP contribution in [0.25, 0.3) is 0 Å². The van der Waals surface area contributed by atoms with E-state index in [1.54, 1.807) is 24.5 Å². The molecule has 2 aromatic heterocycles. The van der Waals surface area contributed by atoms with Crippen LogP contribution in [0.4, 0.5) is 5.82 Å². The molecule has 0 amide bonds. The van der Waals surface area contributed by atoms with Crippen molar-refractivity contribution in [2.45, 2.75) is 19.5 Å². The lowest BCUT2D eigenvalue weighted by molar-refractivity contribution is -0.119. The molecule has 0 saturated carbocycles. The molecular weight excluding hydrogens is 232 g/mol. The minimum absolute atomic E-state index is 0.0223. The standard InChI is InChI=1S/C11H14N6O/c12-5-9-6-17(16-15-9)7-10(18)3-8-1-2-14-11(13)4-8/h1-2,4,6H,3,5,7,12H2,(H2,13,14). The summed E-state index contributed by atoms with van der Waals surface area (Å²) in [7, 11) is 0. The fourth-order valence-corrected chi connectivity index (χ4v) is 1.58. The fourth-order valence-electron chi connectivity index (χ4n) is 1.58. The zero-order chi connectivity index (χ0) is 13.0. The number of pyridine rings is 1. The first kappa shape index (κ1) is 12.2. The highest BCUT2D eigenvalue weighted by Gasteiger charge is 2.07. The number of carbonyl (C=O) groups is 1. The number of nitrogens with two attached hydrogens (primary N) is 2. The van der Waals surface area contributed by atoms with Gasteiger partial charge in [0.15, 0.2) is 5.78 Å². The Morgan fingerprint density at radius 3 is 2.94 bits per heavy atom. The summed E-state index contributed by atoms with van der Waals surface area (Å²) in [5.41, 5.74) is 12.5. The second-order valence-electron chi connectivity index (χ2n) is 3.92. The summed E-state index contributed by atoms with van der Waals surface area (Å²) in [4.78, 5) is 15.7. The van der Waals surface area contributed by atoms with E-state index in [-0.39, 0.29) is 12.3 Å². The van der Waals surface area contributed by atoms with Crippen molar-refractivity contribution < 1.29 is 4.79 Å². The van der Waals surface area contributed by atoms with E-state index in [1.807, 2.05) is 0 Å². The lowest BCUT2D eigenvalue weighted by atomic mass is 10.1. The van der Waals surface area contributed by atoms with E-state index in [4.69, 9.17) is 11.5 Å². The van der Waals surface area contributed by atoms with E-state index < -0.39 is 0 Å². The molecular formula is C11H14N6O. The average molecular weight is 246 g/mol. The third kappa shape index (κ3) is 3.11. The lowest BCUT2D eigenvalue weighted by Gasteiger charge is -2.01. The zero-order valence-corrected chi connectivity index (χ0v) is 9.78. The minimum Gasteiger partial charge on any atom is -0.384 e. The quantitative estimate of drug-likeness (QED) is 0.737. The summed E-state index contributed by atoms with van der Waals surface area (Å²) in [5.74, 6) is 0.431. The second-order valence-corrected chi connectivity index (χ2v) is 3.92. The molecule has 2 rings (SSSR count). The zero-order valence-electron chi connectivity index (χ0n) is 9.78. The third-order valence-electron chi connectivity index (χ3n) is 2.38. The first-order valence-electron chi connectivity index (χ1n) is 5.48. The Morgan fingerprint density at radius 1 is 1.44 bits per heavy atom. The number of aromatic nitrogens is 4. The lowest BCUT2D eigenvalue weighted by Crippen LogP contribution is -2.13. The summed E-state index contributed by atoms with van der Waals surface area (Å²) >= 11 is 0. The molecule has 0 radical (unpaired) electrons. The maximum atomic E-state index is 11.8. The van der Waals surface area contributed by atoms with Crippen LogP contribution in [0.15, 0.2) is 24.5 Å². The van der Waals surface area contributed by atoms with E-state index in [2.05, 4.69) is 15.3 Å². The number of carbonyl (C=O) groups excluding carboxylic acids is 1. The Bertz CT molecular complexity index is 550. The van der Waals surface area contributed by atoms with Crippen LogP contribution in [0.3, 0.4) is 0 Å². The molecule has 0 bridgehead atoms. The molecule has 4 N–H and O–H groups in total. The smallest absolute Gasteiger partial charge is 0.158 e. The molecule has 0 fully saturated rings. The van der Waals surface area contributed by atoms with Gasteiger partial charge in [0.2, 0.25) is 0 Å². The van der Waals surface area contributed by atoms with Crippen LogP contribution in [0.2, 0.25) is 0 Å². The van der Waals surface area contributed by atoms with E-state index in [1.165, 1.54) is 4.68 Å². The van der Waals surface area contributed by atoms with Crippen molar-refractivity contribution in [1.29, 1.82) is 0 Å². The maximum Gasteiger partial charge on any atom is 0.158 e. The number of hydrogen-bond donors (Lipinski definition) is 2. The van der Waals surface area contributed by atoms with Gasteiger partial charge in [-0.3, -0.25) is 4.79 Å². The van der Waals surface area contributed by atoms with Crippen molar-refractivity contribution in [1.82, 2.24) is 20.0 Å². The summed E-state index contributed by atoms with van der Waals surface area (Å²) in [6.45, 7) is 0.490. The van der Waals surface area contributed by atoms with Crippen LogP contribution in [-0.2, 0) is 24.3 Å². The summed E-state index contributed by atoms with van der Waals surface area (Å²) in [6.07, 6.45) is 3.54. The van der Waals surface area contributed by atoms with Crippen molar-refractivity contribution in [2.75, 3.05) is 5.73 Å². The van der Waals surface area contributed by atoms with Crippen LogP contribution in [0.1, 0.15) is 11.3 Å². The molecule has 7 heteroatoms. The topological polar surface area (TPSA) is 113 Å². The van der Waals surface area contributed by atoms with Crippen LogP contribution >= 0.6 is 0 Å². The Morgan fingerprint density at radius 2 is 2.28 bits per heavy atom. The fraction of sp³-hybridized carbons (Fsp3) is 0.273. The van der Waals surface area contributed by atoms with E-state index in [0.717, 1.165) is 5.56 Å². The molecule has 0 atom stereocenters. The first-order chi connectivity index (χ1) is 8.67. The number of anilines is 1. The highest BCUT2D eigenvalue weighted by molar-refractivity contribution is 5.80. The molecule has 0 aromatic carbocycles. The van der Waals surface area contributed by atoms with Crippen molar-refractivity contribution in [2.24, 2.45) is 5.73 Å². The Hall–Kier alpha value is -2.28. The van der Waals surface area contributed by atoms with E-state index in [0.29, 0.717) is 24.5 Å². The molecule has 7 nitrogen and oxygen atoms in total. The van der Waals surface area contributed by atoms with Gasteiger partial charge < -0.3 is 11.5 Å². The van der Waals surface area contributed by atoms with E-state index in [9.17, 15) is 4.79 Å². The predicted molar refractivity (Wildman–Crippen MR) is 65.3 cm³/mol. The monoisotopic (exact) mass is 246 g/mol. The molecule has 94 valence electrons. The third-order valence-corrected chi connectivity index (χ3v) is 2.38. The van der Waals surface area contributed by atoms with Gasteiger partial charge in [-0.15, -0.1) is 5.10 Å². The Labute approximate surface area is 104 Å². The molecule has 0 aliphatic heterocycles. The largest absolute Gasteiger partial charge is 0.384 e. The summed E-state index contributed by atoms with van der Waals surface area (Å²) in [5, 5.41) is 7.63. The molecule has 0 aliphatic carbocycles. The van der Waals surface area contributed by atoms with Gasteiger partial charge in [-0.1, -0.05) is 5.21 Å². The van der Waals surface area contributed by atoms with Gasteiger partial charge in [0.1, 0.15) is 12.4 Å². The van der Waals surface area contributed by atoms with Crippen LogP contribution in [-0.4, -0.2) is 25.8 Å². The van der Waals surface area contributed by atoms with E-state index >= 15 is 0 Å². The number of Topliss-reactive ketones (excluding diaryl/α,β-unsaturated/α-hetero) is 1. The van der Waals surface area contributed by atoms with Gasteiger partial charge in [0.05, 0.1) is 11.9 Å². The van der Waals surface area contributed by atoms with Crippen LogP contribution in [0.5, 0.6) is 0 Å². The van der Waals surface area contributed by atoms with Crippen molar-refractivity contribution >= 4 is 11.6 Å². The molecule has 0 unspecified atom stereocenters. The highest BCUT2D eigenvalue weighted by Crippen LogP contribution is 2.05. The van der Waals surface area contributed by atoms with Crippen molar-refractivity contribution in [3.05, 3.63) is 35.8 Å². The number of ketones is 1. The molecule has 2 aromatic rings. The maximum absolute atomic E-state index is 11.8. The average Bonchev–Trinajstić information content (AvgIpc) is 2.76. The minimum atomic E-state index is 0.0223. The van der Waals surface area contributed by atoms with Gasteiger partial charge in [-0.05, 0) is 17.7 Å². The molecule has 0 aliphatic rings. The van der Waals surface area contributed by atoms with Crippen molar-refractivity contribution in [3.8, 4) is 0 Å². The van der Waals surface area contributed by atoms with Gasteiger partial charge >= 0.3 is 0 Å². The van der Waals surface area contributed by atoms with Gasteiger partial charge in [-0.25, -0.2) is 9.67 Å². The van der Waals surface area contributed by atoms with Crippen LogP contribution < -0.4 is 11.5 Å². The number of nitrogen functional groups attached to an aromatic ring is 1. The highest BCUT2D eigenvalue weighted by atomic mass is 16.1. The SMILES string of the molecule is NCc1cn(CC(=O)Cc2ccnc(N)c2)nn1. The summed E-state index contributed by atoms with van der Waals surface area (Å²) in [6, 6.07) is 3.45. The Balaban J connectivity index is 1.96. The first-order valence-corrected chi connectivity index (χ1v) is 5.48. The molecule has 0 saturated heterocycles. The number of rotatable bonds is 5. The predicted octanol–water partition coefficient (Wildman–Crippen LogP) is -0.474. The second kappa shape index (κ2) is 5.37. The Kier molecular flexibility index (Phi) is 3.63. The molecule has 2 heterocycles.